The van der Waals surface area contributed by atoms with Crippen LogP contribution < -0.4 is 0 Å². The van der Waals surface area contributed by atoms with E-state index in [0.29, 0.717) is 13.0 Å². The first kappa shape index (κ1) is 12.3. The lowest BCUT2D eigenvalue weighted by molar-refractivity contribution is 0.118. The lowest BCUT2D eigenvalue weighted by Crippen LogP contribution is -2.37. The van der Waals surface area contributed by atoms with Gasteiger partial charge in [-0.1, -0.05) is 0 Å². The van der Waals surface area contributed by atoms with Crippen molar-refractivity contribution in [3.05, 3.63) is 0 Å². The zero-order valence-electron chi connectivity index (χ0n) is 8.55. The largest absolute Gasteiger partial charge is 0.465 e. The third-order valence-electron chi connectivity index (χ3n) is 2.21. The normalized spacial score (nSPS) is 23.5. The smallest absolute Gasteiger partial charge is 0.407 e. The fourth-order valence-electron chi connectivity index (χ4n) is 1.60. The zero-order chi connectivity index (χ0) is 11.5. The van der Waals surface area contributed by atoms with Gasteiger partial charge in [0.1, 0.15) is 0 Å². The Labute approximate surface area is 89.0 Å². The molecule has 1 heterocycles. The van der Waals surface area contributed by atoms with E-state index in [0.717, 1.165) is 19.1 Å². The number of hydrogen-bond donors (Lipinski definition) is 1. The molecule has 1 fully saturated rings. The van der Waals surface area contributed by atoms with Crippen LogP contribution in [-0.4, -0.2) is 50.0 Å². The van der Waals surface area contributed by atoms with E-state index < -0.39 is 22.3 Å². The molecule has 0 aromatic rings. The third kappa shape index (κ3) is 4.48. The molecule has 1 unspecified atom stereocenters. The van der Waals surface area contributed by atoms with Gasteiger partial charge in [0.05, 0.1) is 18.9 Å². The van der Waals surface area contributed by atoms with Gasteiger partial charge >= 0.3 is 6.09 Å². The van der Waals surface area contributed by atoms with E-state index in [1.807, 2.05) is 0 Å². The summed E-state index contributed by atoms with van der Waals surface area (Å²) in [6, 6.07) is 0. The van der Waals surface area contributed by atoms with Gasteiger partial charge in [0.2, 0.25) is 0 Å². The van der Waals surface area contributed by atoms with Crippen molar-refractivity contribution in [3.8, 4) is 0 Å². The van der Waals surface area contributed by atoms with Crippen LogP contribution in [0.2, 0.25) is 0 Å². The van der Waals surface area contributed by atoms with Gasteiger partial charge in [-0.2, -0.15) is 8.42 Å². The minimum absolute atomic E-state index is 0.127. The van der Waals surface area contributed by atoms with Crippen molar-refractivity contribution < 1.29 is 22.5 Å². The van der Waals surface area contributed by atoms with E-state index in [2.05, 4.69) is 0 Å². The summed E-state index contributed by atoms with van der Waals surface area (Å²) < 4.78 is 26.6. The van der Waals surface area contributed by atoms with Crippen molar-refractivity contribution >= 4 is 16.2 Å². The zero-order valence-corrected chi connectivity index (χ0v) is 9.37. The van der Waals surface area contributed by atoms with Crippen LogP contribution in [0.1, 0.15) is 19.3 Å². The molecule has 0 spiro atoms. The molecule has 6 nitrogen and oxygen atoms in total. The maximum Gasteiger partial charge on any atom is 0.407 e. The molecule has 1 saturated heterocycles. The molecule has 0 saturated carbocycles. The monoisotopic (exact) mass is 237 g/mol. The average Bonchev–Trinajstić information content (AvgIpc) is 2.26. The first-order valence-corrected chi connectivity index (χ1v) is 6.56. The predicted molar refractivity (Wildman–Crippen MR) is 53.2 cm³/mol. The second kappa shape index (κ2) is 4.80. The molecule has 88 valence electrons. The summed E-state index contributed by atoms with van der Waals surface area (Å²) in [7, 11) is -3.51. The maximum absolute atomic E-state index is 10.9. The van der Waals surface area contributed by atoms with E-state index in [9.17, 15) is 13.2 Å². The summed E-state index contributed by atoms with van der Waals surface area (Å²) >= 11 is 0. The molecule has 0 aliphatic carbocycles. The highest BCUT2D eigenvalue weighted by molar-refractivity contribution is 7.86. The Morgan fingerprint density at radius 2 is 2.13 bits per heavy atom. The Hall–Kier alpha value is -0.820. The highest BCUT2D eigenvalue weighted by atomic mass is 32.2. The van der Waals surface area contributed by atoms with Crippen molar-refractivity contribution in [2.75, 3.05) is 19.3 Å². The molecular weight excluding hydrogens is 222 g/mol. The number of likely N-dealkylation sites (tertiary alicyclic amines) is 1. The summed E-state index contributed by atoms with van der Waals surface area (Å²) in [5.74, 6) is 0. The van der Waals surface area contributed by atoms with Crippen LogP contribution in [0.15, 0.2) is 0 Å². The lowest BCUT2D eigenvalue weighted by Gasteiger charge is -2.20. The first-order valence-electron chi connectivity index (χ1n) is 4.74. The molecule has 0 radical (unpaired) electrons. The molecule has 15 heavy (non-hydrogen) atoms. The van der Waals surface area contributed by atoms with E-state index in [4.69, 9.17) is 9.29 Å². The fourth-order valence-corrected chi connectivity index (χ4v) is 2.25. The summed E-state index contributed by atoms with van der Waals surface area (Å²) in [6.45, 7) is 0.571. The second-order valence-corrected chi connectivity index (χ2v) is 5.25. The summed E-state index contributed by atoms with van der Waals surface area (Å²) in [5, 5.41) is 8.80. The predicted octanol–water partition coefficient (Wildman–Crippen LogP) is 0.495. The van der Waals surface area contributed by atoms with Gasteiger partial charge in [-0.15, -0.1) is 0 Å². The van der Waals surface area contributed by atoms with Crippen LogP contribution in [0, 0.1) is 0 Å². The van der Waals surface area contributed by atoms with Gasteiger partial charge in [0.15, 0.2) is 0 Å². The van der Waals surface area contributed by atoms with Gasteiger partial charge in [0.25, 0.3) is 10.1 Å². The van der Waals surface area contributed by atoms with Crippen LogP contribution in [0.25, 0.3) is 0 Å². The molecule has 1 N–H and O–H groups in total. The Bertz CT molecular complexity index is 326. The van der Waals surface area contributed by atoms with E-state index in [-0.39, 0.29) is 6.54 Å². The van der Waals surface area contributed by atoms with Crippen molar-refractivity contribution in [1.82, 2.24) is 4.90 Å². The third-order valence-corrected chi connectivity index (χ3v) is 2.83. The summed E-state index contributed by atoms with van der Waals surface area (Å²) in [6.07, 6.45) is 1.51. The van der Waals surface area contributed by atoms with Gasteiger partial charge in [0, 0.05) is 6.54 Å². The first-order chi connectivity index (χ1) is 6.88. The SMILES string of the molecule is CS(=O)(=O)OC1CCCCN(C(=O)O)C1. The van der Waals surface area contributed by atoms with Gasteiger partial charge < -0.3 is 10.0 Å². The van der Waals surface area contributed by atoms with Crippen molar-refractivity contribution in [2.24, 2.45) is 0 Å². The molecule has 1 atom stereocenters. The van der Waals surface area contributed by atoms with E-state index in [1.165, 1.54) is 4.90 Å². The highest BCUT2D eigenvalue weighted by Crippen LogP contribution is 2.15. The minimum atomic E-state index is -3.51. The molecule has 1 amide bonds. The number of carbonyl (C=O) groups is 1. The molecule has 0 aromatic heterocycles. The second-order valence-electron chi connectivity index (χ2n) is 3.65. The Balaban J connectivity index is 2.61. The number of carboxylic acid groups (broad SMARTS) is 1. The van der Waals surface area contributed by atoms with Gasteiger partial charge in [-0.25, -0.2) is 4.79 Å². The number of rotatable bonds is 2. The molecule has 0 aromatic carbocycles. The summed E-state index contributed by atoms with van der Waals surface area (Å²) in [5.41, 5.74) is 0. The Morgan fingerprint density at radius 1 is 1.47 bits per heavy atom. The van der Waals surface area contributed by atoms with Crippen LogP contribution in [-0.2, 0) is 14.3 Å². The maximum atomic E-state index is 10.9. The van der Waals surface area contributed by atoms with Crippen LogP contribution >= 0.6 is 0 Å². The van der Waals surface area contributed by atoms with Gasteiger partial charge in [-0.05, 0) is 19.3 Å². The molecule has 1 rings (SSSR count). The number of hydrogen-bond acceptors (Lipinski definition) is 4. The highest BCUT2D eigenvalue weighted by Gasteiger charge is 2.24. The Kier molecular flexibility index (Phi) is 3.92. The number of nitrogens with zero attached hydrogens (tertiary/aromatic N) is 1. The van der Waals surface area contributed by atoms with Crippen LogP contribution in [0.3, 0.4) is 0 Å². The Morgan fingerprint density at radius 3 is 2.67 bits per heavy atom. The lowest BCUT2D eigenvalue weighted by atomic mass is 10.2. The van der Waals surface area contributed by atoms with Gasteiger partial charge in [-0.3, -0.25) is 4.18 Å². The number of amides is 1. The van der Waals surface area contributed by atoms with Crippen molar-refractivity contribution in [3.63, 3.8) is 0 Å². The summed E-state index contributed by atoms with van der Waals surface area (Å²) in [4.78, 5) is 11.9. The van der Waals surface area contributed by atoms with E-state index >= 15 is 0 Å². The van der Waals surface area contributed by atoms with Crippen molar-refractivity contribution in [1.29, 1.82) is 0 Å². The fraction of sp³-hybridized carbons (Fsp3) is 0.875. The quantitative estimate of drug-likeness (QED) is 0.707. The average molecular weight is 237 g/mol. The molecular formula is C8H15NO5S. The topological polar surface area (TPSA) is 83.9 Å². The van der Waals surface area contributed by atoms with E-state index in [1.54, 1.807) is 0 Å². The molecule has 1 aliphatic rings. The standard InChI is InChI=1S/C8H15NO5S/c1-15(12,13)14-7-4-2-3-5-9(6-7)8(10)11/h7H,2-6H2,1H3,(H,10,11). The minimum Gasteiger partial charge on any atom is -0.465 e. The van der Waals surface area contributed by atoms with Crippen LogP contribution in [0.5, 0.6) is 0 Å². The molecule has 1 aliphatic heterocycles. The van der Waals surface area contributed by atoms with Crippen molar-refractivity contribution in [2.45, 2.75) is 25.4 Å². The molecule has 0 bridgehead atoms. The van der Waals surface area contributed by atoms with Crippen LogP contribution in [0.4, 0.5) is 4.79 Å². The molecule has 7 heteroatoms.